The third kappa shape index (κ3) is 5.82. The van der Waals surface area contributed by atoms with Crippen LogP contribution in [0.15, 0.2) is 24.5 Å². The molecule has 1 aliphatic carbocycles. The molecule has 0 N–H and O–H groups in total. The van der Waals surface area contributed by atoms with Gasteiger partial charge in [-0.1, -0.05) is 52.7 Å². The van der Waals surface area contributed by atoms with Crippen LogP contribution in [0, 0.1) is 10.8 Å². The summed E-state index contributed by atoms with van der Waals surface area (Å²) in [5, 5.41) is 0.120. The zero-order valence-corrected chi connectivity index (χ0v) is 22.3. The number of esters is 1. The van der Waals surface area contributed by atoms with Crippen LogP contribution in [0.5, 0.6) is 0 Å². The third-order valence-electron chi connectivity index (χ3n) is 7.11. The van der Waals surface area contributed by atoms with Crippen molar-refractivity contribution in [3.05, 3.63) is 24.5 Å². The minimum absolute atomic E-state index is 0.0742. The molecule has 178 valence electrons. The predicted molar refractivity (Wildman–Crippen MR) is 130 cm³/mol. The molecule has 6 heteroatoms. The Morgan fingerprint density at radius 1 is 1.06 bits per heavy atom. The summed E-state index contributed by atoms with van der Waals surface area (Å²) >= 11 is 0. The Bertz CT molecular complexity index is 675. The van der Waals surface area contributed by atoms with Crippen molar-refractivity contribution in [2.75, 3.05) is 19.7 Å². The number of unbranched alkanes of at least 4 members (excludes halogenated alkanes) is 1. The molecule has 2 atom stereocenters. The average molecular weight is 452 g/mol. The SMILES string of the molecule is CCCC[C@]1(C(=O)N(CC)CC)C[C@@]1(/C=C\C=C\O[Si](C)(C)C(C)(C)C)C(=O)OCC. The van der Waals surface area contributed by atoms with Gasteiger partial charge in [-0.2, -0.15) is 0 Å². The molecule has 0 saturated heterocycles. The summed E-state index contributed by atoms with van der Waals surface area (Å²) in [6.45, 7) is 20.5. The first-order chi connectivity index (χ1) is 14.4. The van der Waals surface area contributed by atoms with Gasteiger partial charge < -0.3 is 14.1 Å². The predicted octanol–water partition coefficient (Wildman–Crippen LogP) is 6.08. The Kier molecular flexibility index (Phi) is 9.61. The standard InChI is InChI=1S/C25H45NO4Si/c1-10-14-17-24(21(27)26(11-2)12-3)20-25(24,22(28)29-13-4)18-15-16-19-30-31(8,9)23(5,6)7/h15-16,18-19H,10-14,17,20H2,1-9H3/b18-15-,19-16+/t24-,25+/m1/s1. The van der Waals surface area contributed by atoms with E-state index in [-0.39, 0.29) is 16.9 Å². The Balaban J connectivity index is 3.20. The molecule has 0 aromatic carbocycles. The van der Waals surface area contributed by atoms with E-state index in [0.717, 1.165) is 12.8 Å². The number of hydrogen-bond donors (Lipinski definition) is 0. The van der Waals surface area contributed by atoms with E-state index in [9.17, 15) is 9.59 Å². The zero-order valence-electron chi connectivity index (χ0n) is 21.3. The van der Waals surface area contributed by atoms with Gasteiger partial charge in [0.1, 0.15) is 5.41 Å². The molecule has 0 bridgehead atoms. The van der Waals surface area contributed by atoms with Gasteiger partial charge in [-0.3, -0.25) is 9.59 Å². The maximum atomic E-state index is 13.5. The average Bonchev–Trinajstić information content (AvgIpc) is 3.36. The molecule has 5 nitrogen and oxygen atoms in total. The summed E-state index contributed by atoms with van der Waals surface area (Å²) in [6, 6.07) is 0. The molecular weight excluding hydrogens is 406 g/mol. The molecule has 0 radical (unpaired) electrons. The fourth-order valence-corrected chi connectivity index (χ4v) is 4.65. The van der Waals surface area contributed by atoms with E-state index in [1.165, 1.54) is 0 Å². The summed E-state index contributed by atoms with van der Waals surface area (Å²) in [5.74, 6) is -0.216. The molecule has 31 heavy (non-hydrogen) atoms. The van der Waals surface area contributed by atoms with Crippen LogP contribution < -0.4 is 0 Å². The molecule has 1 amide bonds. The zero-order chi connectivity index (χ0) is 23.9. The summed E-state index contributed by atoms with van der Waals surface area (Å²) < 4.78 is 11.5. The molecular formula is C25H45NO4Si. The van der Waals surface area contributed by atoms with E-state index in [2.05, 4.69) is 40.8 Å². The Hall–Kier alpha value is -1.56. The maximum Gasteiger partial charge on any atom is 0.317 e. The minimum atomic E-state index is -1.88. The van der Waals surface area contributed by atoms with Crippen LogP contribution in [0.2, 0.25) is 18.1 Å². The molecule has 0 aromatic heterocycles. The second-order valence-electron chi connectivity index (χ2n) is 10.1. The summed E-state index contributed by atoms with van der Waals surface area (Å²) in [7, 11) is -1.88. The molecule has 1 saturated carbocycles. The first kappa shape index (κ1) is 27.5. The van der Waals surface area contributed by atoms with Gasteiger partial charge >= 0.3 is 5.97 Å². The number of ether oxygens (including phenoxy) is 1. The van der Waals surface area contributed by atoms with Crippen molar-refractivity contribution in [2.24, 2.45) is 10.8 Å². The highest BCUT2D eigenvalue weighted by atomic mass is 28.4. The summed E-state index contributed by atoms with van der Waals surface area (Å²) in [5.41, 5.74) is -1.59. The van der Waals surface area contributed by atoms with Crippen LogP contribution in [-0.4, -0.2) is 44.8 Å². The third-order valence-corrected chi connectivity index (χ3v) is 11.4. The highest BCUT2D eigenvalue weighted by Gasteiger charge is 2.75. The second-order valence-corrected chi connectivity index (χ2v) is 14.9. The van der Waals surface area contributed by atoms with Crippen molar-refractivity contribution >= 4 is 20.2 Å². The van der Waals surface area contributed by atoms with Crippen LogP contribution in [0.25, 0.3) is 0 Å². The van der Waals surface area contributed by atoms with Crippen molar-refractivity contribution in [2.45, 2.75) is 92.3 Å². The number of carbonyl (C=O) groups is 2. The first-order valence-corrected chi connectivity index (χ1v) is 14.8. The Morgan fingerprint density at radius 2 is 1.68 bits per heavy atom. The van der Waals surface area contributed by atoms with Crippen molar-refractivity contribution in [1.82, 2.24) is 4.90 Å². The fraction of sp³-hybridized carbons (Fsp3) is 0.760. The molecule has 0 heterocycles. The number of allylic oxidation sites excluding steroid dienone is 2. The van der Waals surface area contributed by atoms with E-state index >= 15 is 0 Å². The van der Waals surface area contributed by atoms with Crippen LogP contribution in [0.3, 0.4) is 0 Å². The largest absolute Gasteiger partial charge is 0.549 e. The van der Waals surface area contributed by atoms with Gasteiger partial charge in [-0.15, -0.1) is 0 Å². The van der Waals surface area contributed by atoms with Crippen molar-refractivity contribution in [1.29, 1.82) is 0 Å². The van der Waals surface area contributed by atoms with Crippen LogP contribution in [0.1, 0.15) is 74.1 Å². The van der Waals surface area contributed by atoms with Crippen LogP contribution in [0.4, 0.5) is 0 Å². The van der Waals surface area contributed by atoms with E-state index in [4.69, 9.17) is 9.16 Å². The first-order valence-electron chi connectivity index (χ1n) is 11.9. The van der Waals surface area contributed by atoms with Crippen molar-refractivity contribution in [3.8, 4) is 0 Å². The maximum absolute atomic E-state index is 13.5. The molecule has 1 rings (SSSR count). The number of rotatable bonds is 12. The van der Waals surface area contributed by atoms with Gasteiger partial charge in [0.2, 0.25) is 14.2 Å². The van der Waals surface area contributed by atoms with Gasteiger partial charge in [0.25, 0.3) is 0 Å². The lowest BCUT2D eigenvalue weighted by Gasteiger charge is -2.34. The molecule has 0 aliphatic heterocycles. The summed E-state index contributed by atoms with van der Waals surface area (Å²) in [6.07, 6.45) is 10.4. The monoisotopic (exact) mass is 451 g/mol. The van der Waals surface area contributed by atoms with Gasteiger partial charge in [-0.05, 0) is 57.8 Å². The smallest absolute Gasteiger partial charge is 0.317 e. The Labute approximate surface area is 191 Å². The van der Waals surface area contributed by atoms with E-state index in [0.29, 0.717) is 32.5 Å². The molecule has 0 spiro atoms. The fourth-order valence-electron chi connectivity index (χ4n) is 3.87. The molecule has 1 fully saturated rings. The lowest BCUT2D eigenvalue weighted by Crippen LogP contribution is -2.41. The van der Waals surface area contributed by atoms with Gasteiger partial charge in [-0.25, -0.2) is 0 Å². The number of hydrogen-bond acceptors (Lipinski definition) is 4. The van der Waals surface area contributed by atoms with Gasteiger partial charge in [0.05, 0.1) is 18.3 Å². The number of amides is 1. The van der Waals surface area contributed by atoms with E-state index in [1.807, 2.05) is 43.9 Å². The number of nitrogens with zero attached hydrogens (tertiary/aromatic N) is 1. The van der Waals surface area contributed by atoms with E-state index < -0.39 is 19.1 Å². The minimum Gasteiger partial charge on any atom is -0.549 e. The highest BCUT2D eigenvalue weighted by molar-refractivity contribution is 6.74. The number of carbonyl (C=O) groups excluding carboxylic acids is 2. The second kappa shape index (κ2) is 10.8. The van der Waals surface area contributed by atoms with Gasteiger partial charge in [0.15, 0.2) is 0 Å². The molecule has 0 aromatic rings. The van der Waals surface area contributed by atoms with Crippen LogP contribution in [-0.2, 0) is 18.8 Å². The summed E-state index contributed by atoms with van der Waals surface area (Å²) in [4.78, 5) is 28.4. The van der Waals surface area contributed by atoms with E-state index in [1.54, 1.807) is 6.26 Å². The highest BCUT2D eigenvalue weighted by Crippen LogP contribution is 2.69. The quantitative estimate of drug-likeness (QED) is 0.156. The molecule has 0 unspecified atom stereocenters. The normalized spacial score (nSPS) is 23.9. The topological polar surface area (TPSA) is 55.8 Å². The van der Waals surface area contributed by atoms with Crippen molar-refractivity contribution < 1.29 is 18.8 Å². The lowest BCUT2D eigenvalue weighted by molar-refractivity contribution is -0.153. The van der Waals surface area contributed by atoms with Gasteiger partial charge in [0, 0.05) is 13.1 Å². The van der Waals surface area contributed by atoms with Crippen LogP contribution >= 0.6 is 0 Å². The molecule has 1 aliphatic rings. The lowest BCUT2D eigenvalue weighted by atomic mass is 9.86. The Morgan fingerprint density at radius 3 is 2.16 bits per heavy atom. The van der Waals surface area contributed by atoms with Crippen molar-refractivity contribution in [3.63, 3.8) is 0 Å².